The van der Waals surface area contributed by atoms with Crippen LogP contribution >= 0.6 is 0 Å². The minimum atomic E-state index is -0.199. The summed E-state index contributed by atoms with van der Waals surface area (Å²) in [6.45, 7) is 8.39. The van der Waals surface area contributed by atoms with Gasteiger partial charge in [0, 0.05) is 39.3 Å². The molecule has 1 aliphatic heterocycles. The van der Waals surface area contributed by atoms with Gasteiger partial charge in [-0.3, -0.25) is 9.69 Å². The van der Waals surface area contributed by atoms with E-state index in [1.807, 2.05) is 25.1 Å². The van der Waals surface area contributed by atoms with E-state index in [0.717, 1.165) is 52.2 Å². The highest BCUT2D eigenvalue weighted by molar-refractivity contribution is 5.79. The number of ether oxygens (including phenoxy) is 1. The first kappa shape index (κ1) is 17.9. The van der Waals surface area contributed by atoms with Crippen molar-refractivity contribution in [3.05, 3.63) is 35.9 Å². The predicted octanol–water partition coefficient (Wildman–Crippen LogP) is 1.47. The summed E-state index contributed by atoms with van der Waals surface area (Å²) in [5.41, 5.74) is 6.68. The first-order valence-electron chi connectivity index (χ1n) is 8.58. The lowest BCUT2D eigenvalue weighted by Gasteiger charge is -2.37. The number of hydrogen-bond donors (Lipinski definition) is 1. The lowest BCUT2D eigenvalue weighted by Crippen LogP contribution is -2.54. The van der Waals surface area contributed by atoms with Gasteiger partial charge in [0.05, 0.1) is 12.6 Å². The number of carbonyl (C=O) groups excluding carboxylic acids is 1. The molecule has 1 aromatic rings. The Morgan fingerprint density at radius 2 is 1.91 bits per heavy atom. The van der Waals surface area contributed by atoms with Gasteiger partial charge in [-0.05, 0) is 18.4 Å². The third kappa shape index (κ3) is 5.94. The number of rotatable bonds is 9. The highest BCUT2D eigenvalue weighted by atomic mass is 16.5. The Balaban J connectivity index is 1.57. The van der Waals surface area contributed by atoms with Crippen LogP contribution in [0.4, 0.5) is 0 Å². The highest BCUT2D eigenvalue weighted by Gasteiger charge is 2.25. The van der Waals surface area contributed by atoms with Gasteiger partial charge in [-0.1, -0.05) is 37.3 Å². The summed E-state index contributed by atoms with van der Waals surface area (Å²) in [6, 6.07) is 10.2. The molecule has 1 heterocycles. The third-order valence-corrected chi connectivity index (χ3v) is 4.44. The van der Waals surface area contributed by atoms with Crippen LogP contribution < -0.4 is 5.73 Å². The molecule has 2 N–H and O–H groups in total. The van der Waals surface area contributed by atoms with Gasteiger partial charge in [-0.25, -0.2) is 0 Å². The van der Waals surface area contributed by atoms with Crippen molar-refractivity contribution in [3.8, 4) is 0 Å². The largest absolute Gasteiger partial charge is 0.377 e. The molecule has 5 nitrogen and oxygen atoms in total. The fourth-order valence-corrected chi connectivity index (χ4v) is 3.09. The van der Waals surface area contributed by atoms with Crippen molar-refractivity contribution in [2.45, 2.75) is 32.4 Å². The molecule has 1 aromatic carbocycles. The van der Waals surface area contributed by atoms with Crippen molar-refractivity contribution in [1.29, 1.82) is 0 Å². The molecule has 1 aliphatic rings. The smallest absolute Gasteiger partial charge is 0.234 e. The quantitative estimate of drug-likeness (QED) is 0.700. The normalized spacial score (nSPS) is 18.0. The molecule has 0 aliphatic carbocycles. The minimum Gasteiger partial charge on any atom is -0.377 e. The Morgan fingerprint density at radius 1 is 1.22 bits per heavy atom. The Labute approximate surface area is 139 Å². The maximum absolute atomic E-state index is 11.4. The van der Waals surface area contributed by atoms with Crippen LogP contribution in [0.25, 0.3) is 0 Å². The van der Waals surface area contributed by atoms with Gasteiger partial charge in [0.15, 0.2) is 0 Å². The molecule has 5 heteroatoms. The highest BCUT2D eigenvalue weighted by Crippen LogP contribution is 2.09. The number of hydrogen-bond acceptors (Lipinski definition) is 4. The molecule has 0 spiro atoms. The summed E-state index contributed by atoms with van der Waals surface area (Å²) >= 11 is 0. The van der Waals surface area contributed by atoms with E-state index >= 15 is 0 Å². The molecule has 0 saturated carbocycles. The molecule has 23 heavy (non-hydrogen) atoms. The average Bonchev–Trinajstić information content (AvgIpc) is 2.57. The SMILES string of the molecule is CCC(C(N)=O)N1CCN(CCCOCc2ccccc2)CC1. The summed E-state index contributed by atoms with van der Waals surface area (Å²) in [7, 11) is 0. The van der Waals surface area contributed by atoms with Gasteiger partial charge in [0.25, 0.3) is 0 Å². The fraction of sp³-hybridized carbons (Fsp3) is 0.611. The predicted molar refractivity (Wildman–Crippen MR) is 92.0 cm³/mol. The van der Waals surface area contributed by atoms with Crippen LogP contribution in [0.15, 0.2) is 30.3 Å². The zero-order chi connectivity index (χ0) is 16.5. The van der Waals surface area contributed by atoms with Crippen LogP contribution in [0.3, 0.4) is 0 Å². The molecule has 1 atom stereocenters. The molecular weight excluding hydrogens is 290 g/mol. The molecule has 0 aromatic heterocycles. The molecule has 128 valence electrons. The van der Waals surface area contributed by atoms with Crippen molar-refractivity contribution in [3.63, 3.8) is 0 Å². The summed E-state index contributed by atoms with van der Waals surface area (Å²) in [5, 5.41) is 0. The zero-order valence-corrected chi connectivity index (χ0v) is 14.1. The topological polar surface area (TPSA) is 58.8 Å². The van der Waals surface area contributed by atoms with Gasteiger partial charge >= 0.3 is 0 Å². The van der Waals surface area contributed by atoms with E-state index in [9.17, 15) is 4.79 Å². The van der Waals surface area contributed by atoms with Gasteiger partial charge < -0.3 is 15.4 Å². The van der Waals surface area contributed by atoms with Crippen LogP contribution in [-0.2, 0) is 16.1 Å². The molecule has 1 unspecified atom stereocenters. The monoisotopic (exact) mass is 319 g/mol. The number of benzene rings is 1. The van der Waals surface area contributed by atoms with Crippen molar-refractivity contribution >= 4 is 5.91 Å². The van der Waals surface area contributed by atoms with Crippen LogP contribution in [0, 0.1) is 0 Å². The second-order valence-electron chi connectivity index (χ2n) is 6.10. The van der Waals surface area contributed by atoms with Crippen molar-refractivity contribution in [2.24, 2.45) is 5.73 Å². The van der Waals surface area contributed by atoms with Crippen LogP contribution in [0.5, 0.6) is 0 Å². The molecule has 2 rings (SSSR count). The van der Waals surface area contributed by atoms with Crippen molar-refractivity contribution in [1.82, 2.24) is 9.80 Å². The van der Waals surface area contributed by atoms with E-state index in [4.69, 9.17) is 10.5 Å². The van der Waals surface area contributed by atoms with E-state index < -0.39 is 0 Å². The van der Waals surface area contributed by atoms with Crippen LogP contribution in [0.2, 0.25) is 0 Å². The van der Waals surface area contributed by atoms with E-state index in [-0.39, 0.29) is 11.9 Å². The standard InChI is InChI=1S/C18H29N3O2/c1-2-17(18(19)22)21-12-10-20(11-13-21)9-6-14-23-15-16-7-4-3-5-8-16/h3-5,7-8,17H,2,6,9-15H2,1H3,(H2,19,22). The van der Waals surface area contributed by atoms with E-state index in [1.54, 1.807) is 0 Å². The number of nitrogens with two attached hydrogens (primary N) is 1. The molecule has 1 saturated heterocycles. The minimum absolute atomic E-state index is 0.105. The Kier molecular flexibility index (Phi) is 7.52. The van der Waals surface area contributed by atoms with E-state index in [0.29, 0.717) is 6.61 Å². The first-order chi connectivity index (χ1) is 11.2. The third-order valence-electron chi connectivity index (χ3n) is 4.44. The zero-order valence-electron chi connectivity index (χ0n) is 14.1. The molecule has 1 amide bonds. The molecule has 0 bridgehead atoms. The average molecular weight is 319 g/mol. The lowest BCUT2D eigenvalue weighted by atomic mass is 10.1. The van der Waals surface area contributed by atoms with Gasteiger partial charge in [-0.2, -0.15) is 0 Å². The fourth-order valence-electron chi connectivity index (χ4n) is 3.09. The summed E-state index contributed by atoms with van der Waals surface area (Å²) in [6.07, 6.45) is 1.84. The van der Waals surface area contributed by atoms with Crippen LogP contribution in [0.1, 0.15) is 25.3 Å². The maximum atomic E-state index is 11.4. The maximum Gasteiger partial charge on any atom is 0.234 e. The summed E-state index contributed by atoms with van der Waals surface area (Å²) in [4.78, 5) is 16.1. The van der Waals surface area contributed by atoms with Gasteiger partial charge in [0.2, 0.25) is 5.91 Å². The van der Waals surface area contributed by atoms with Gasteiger partial charge in [-0.15, -0.1) is 0 Å². The Morgan fingerprint density at radius 3 is 2.52 bits per heavy atom. The lowest BCUT2D eigenvalue weighted by molar-refractivity contribution is -0.124. The summed E-state index contributed by atoms with van der Waals surface area (Å²) < 4.78 is 5.72. The Bertz CT molecular complexity index is 459. The molecule has 1 fully saturated rings. The van der Waals surface area contributed by atoms with Crippen molar-refractivity contribution < 1.29 is 9.53 Å². The second kappa shape index (κ2) is 9.65. The number of piperazine rings is 1. The number of primary amides is 1. The first-order valence-corrected chi connectivity index (χ1v) is 8.58. The van der Waals surface area contributed by atoms with Crippen LogP contribution in [-0.4, -0.2) is 61.1 Å². The molecule has 0 radical (unpaired) electrons. The van der Waals surface area contributed by atoms with E-state index in [1.165, 1.54) is 5.56 Å². The van der Waals surface area contributed by atoms with E-state index in [2.05, 4.69) is 21.9 Å². The number of amides is 1. The molecular formula is C18H29N3O2. The Hall–Kier alpha value is -1.43. The second-order valence-corrected chi connectivity index (χ2v) is 6.10. The summed E-state index contributed by atoms with van der Waals surface area (Å²) in [5.74, 6) is -0.199. The number of nitrogens with zero attached hydrogens (tertiary/aromatic N) is 2. The number of carbonyl (C=O) groups is 1. The van der Waals surface area contributed by atoms with Gasteiger partial charge in [0.1, 0.15) is 0 Å². The van der Waals surface area contributed by atoms with Crippen molar-refractivity contribution in [2.75, 3.05) is 39.3 Å².